The first-order valence-electron chi connectivity index (χ1n) is 6.48. The Balaban J connectivity index is 1.81. The Morgan fingerprint density at radius 1 is 1.18 bits per heavy atom. The van der Waals surface area contributed by atoms with Crippen molar-refractivity contribution < 1.29 is 13.2 Å². The third kappa shape index (κ3) is 4.57. The number of hydrogen-bond acceptors (Lipinski definition) is 0. The van der Waals surface area contributed by atoms with Crippen molar-refractivity contribution in [1.82, 2.24) is 0 Å². The van der Waals surface area contributed by atoms with E-state index in [2.05, 4.69) is 6.08 Å². The minimum Gasteiger partial charge on any atom is -0.171 e. The van der Waals surface area contributed by atoms with Crippen LogP contribution in [-0.2, 0) is 0 Å². The second kappa shape index (κ2) is 5.28. The van der Waals surface area contributed by atoms with Crippen LogP contribution >= 0.6 is 0 Å². The SMILES string of the molecule is FC(F)(F)CC=C1CCCC(C2=CC2)CCC1. The molecule has 0 bridgehead atoms. The van der Waals surface area contributed by atoms with E-state index in [1.165, 1.54) is 12.5 Å². The molecule has 0 saturated heterocycles. The van der Waals surface area contributed by atoms with Crippen LogP contribution in [0.3, 0.4) is 0 Å². The van der Waals surface area contributed by atoms with E-state index in [0.29, 0.717) is 0 Å². The van der Waals surface area contributed by atoms with Gasteiger partial charge in [-0.15, -0.1) is 0 Å². The minimum atomic E-state index is -4.04. The van der Waals surface area contributed by atoms with Crippen LogP contribution in [0.5, 0.6) is 0 Å². The van der Waals surface area contributed by atoms with Crippen LogP contribution in [0.15, 0.2) is 23.3 Å². The summed E-state index contributed by atoms with van der Waals surface area (Å²) in [7, 11) is 0. The molecule has 0 atom stereocenters. The molecule has 0 aromatic rings. The number of rotatable bonds is 2. The van der Waals surface area contributed by atoms with E-state index in [0.717, 1.165) is 50.0 Å². The molecule has 2 aliphatic carbocycles. The summed E-state index contributed by atoms with van der Waals surface area (Å²) >= 11 is 0. The Bertz CT molecular complexity index is 311. The molecule has 0 aliphatic heterocycles. The molecule has 0 heterocycles. The van der Waals surface area contributed by atoms with Crippen molar-refractivity contribution in [3.8, 4) is 0 Å². The lowest BCUT2D eigenvalue weighted by Gasteiger charge is -2.19. The van der Waals surface area contributed by atoms with E-state index in [-0.39, 0.29) is 0 Å². The third-order valence-electron chi connectivity index (χ3n) is 3.69. The molecule has 0 aromatic carbocycles. The maximum Gasteiger partial charge on any atom is 0.392 e. The van der Waals surface area contributed by atoms with Crippen molar-refractivity contribution in [2.75, 3.05) is 0 Å². The van der Waals surface area contributed by atoms with Gasteiger partial charge < -0.3 is 0 Å². The van der Waals surface area contributed by atoms with Gasteiger partial charge in [-0.2, -0.15) is 13.2 Å². The molecule has 1 saturated carbocycles. The van der Waals surface area contributed by atoms with Gasteiger partial charge in [-0.1, -0.05) is 23.3 Å². The second-order valence-corrected chi connectivity index (χ2v) is 5.15. The van der Waals surface area contributed by atoms with E-state index in [9.17, 15) is 13.2 Å². The number of alkyl halides is 3. The lowest BCUT2D eigenvalue weighted by molar-refractivity contribution is -0.125. The van der Waals surface area contributed by atoms with Crippen molar-refractivity contribution >= 4 is 0 Å². The van der Waals surface area contributed by atoms with Gasteiger partial charge in [-0.05, 0) is 50.9 Å². The molecule has 3 heteroatoms. The highest BCUT2D eigenvalue weighted by molar-refractivity contribution is 5.25. The molecule has 2 aliphatic rings. The molecule has 96 valence electrons. The van der Waals surface area contributed by atoms with Crippen molar-refractivity contribution in [2.24, 2.45) is 5.92 Å². The van der Waals surface area contributed by atoms with Crippen LogP contribution in [-0.4, -0.2) is 6.18 Å². The topological polar surface area (TPSA) is 0 Å². The summed E-state index contributed by atoms with van der Waals surface area (Å²) in [6.07, 6.45) is 6.22. The summed E-state index contributed by atoms with van der Waals surface area (Å²) in [5, 5.41) is 0. The van der Waals surface area contributed by atoms with Crippen LogP contribution in [0.25, 0.3) is 0 Å². The second-order valence-electron chi connectivity index (χ2n) is 5.15. The largest absolute Gasteiger partial charge is 0.392 e. The maximum atomic E-state index is 12.1. The molecular weight excluding hydrogens is 225 g/mol. The molecule has 0 spiro atoms. The number of hydrogen-bond donors (Lipinski definition) is 0. The van der Waals surface area contributed by atoms with E-state index in [4.69, 9.17) is 0 Å². The summed E-state index contributed by atoms with van der Waals surface area (Å²) in [5.74, 6) is 0.735. The Morgan fingerprint density at radius 3 is 2.24 bits per heavy atom. The van der Waals surface area contributed by atoms with Gasteiger partial charge in [-0.25, -0.2) is 0 Å². The van der Waals surface area contributed by atoms with E-state index < -0.39 is 12.6 Å². The van der Waals surface area contributed by atoms with Gasteiger partial charge >= 0.3 is 6.18 Å². The van der Waals surface area contributed by atoms with Gasteiger partial charge in [0.25, 0.3) is 0 Å². The maximum absolute atomic E-state index is 12.1. The highest BCUT2D eigenvalue weighted by Gasteiger charge is 2.26. The van der Waals surface area contributed by atoms with E-state index >= 15 is 0 Å². The number of halogens is 3. The van der Waals surface area contributed by atoms with Crippen LogP contribution in [0.2, 0.25) is 0 Å². The summed E-state index contributed by atoms with van der Waals surface area (Å²) in [6, 6.07) is 0. The summed E-state index contributed by atoms with van der Waals surface area (Å²) in [5.41, 5.74) is 2.61. The van der Waals surface area contributed by atoms with Gasteiger partial charge in [0.05, 0.1) is 6.42 Å². The molecular formula is C14H19F3. The fraction of sp³-hybridized carbons (Fsp3) is 0.714. The van der Waals surface area contributed by atoms with Crippen LogP contribution < -0.4 is 0 Å². The van der Waals surface area contributed by atoms with Crippen LogP contribution in [0.4, 0.5) is 13.2 Å². The smallest absolute Gasteiger partial charge is 0.171 e. The Morgan fingerprint density at radius 2 is 1.76 bits per heavy atom. The zero-order chi connectivity index (χ0) is 12.3. The standard InChI is InChI=1S/C14H19F3/c15-14(16,17)10-9-11-3-1-5-12(6-2-4-11)13-7-8-13/h7,9,12H,1-6,8,10H2. The van der Waals surface area contributed by atoms with E-state index in [1.54, 1.807) is 5.57 Å². The van der Waals surface area contributed by atoms with Gasteiger partial charge in [0.1, 0.15) is 0 Å². The van der Waals surface area contributed by atoms with Gasteiger partial charge in [0.2, 0.25) is 0 Å². The molecule has 0 N–H and O–H groups in total. The first kappa shape index (κ1) is 12.7. The average molecular weight is 244 g/mol. The van der Waals surface area contributed by atoms with E-state index in [1.807, 2.05) is 0 Å². The van der Waals surface area contributed by atoms with Crippen molar-refractivity contribution in [3.63, 3.8) is 0 Å². The quantitative estimate of drug-likeness (QED) is 0.588. The number of allylic oxidation sites excluding steroid dienone is 4. The molecule has 0 aromatic heterocycles. The predicted molar refractivity (Wildman–Crippen MR) is 62.6 cm³/mol. The van der Waals surface area contributed by atoms with Crippen LogP contribution in [0.1, 0.15) is 51.4 Å². The first-order chi connectivity index (χ1) is 8.04. The molecule has 0 unspecified atom stereocenters. The lowest BCUT2D eigenvalue weighted by Crippen LogP contribution is -2.07. The zero-order valence-corrected chi connectivity index (χ0v) is 10.0. The summed E-state index contributed by atoms with van der Waals surface area (Å²) < 4.78 is 36.3. The van der Waals surface area contributed by atoms with Crippen molar-refractivity contribution in [2.45, 2.75) is 57.5 Å². The van der Waals surface area contributed by atoms with Crippen molar-refractivity contribution in [3.05, 3.63) is 23.3 Å². The highest BCUT2D eigenvalue weighted by atomic mass is 19.4. The molecule has 0 radical (unpaired) electrons. The third-order valence-corrected chi connectivity index (χ3v) is 3.69. The summed E-state index contributed by atoms with van der Waals surface area (Å²) in [6.45, 7) is 0. The Hall–Kier alpha value is -0.730. The van der Waals surface area contributed by atoms with Crippen LogP contribution in [0, 0.1) is 5.92 Å². The Labute approximate surface area is 101 Å². The Kier molecular flexibility index (Phi) is 3.95. The fourth-order valence-corrected chi connectivity index (χ4v) is 2.65. The lowest BCUT2D eigenvalue weighted by atomic mass is 9.87. The monoisotopic (exact) mass is 244 g/mol. The normalized spacial score (nSPS) is 25.9. The molecule has 17 heavy (non-hydrogen) atoms. The van der Waals surface area contributed by atoms with Gasteiger partial charge in [-0.3, -0.25) is 0 Å². The molecule has 1 fully saturated rings. The van der Waals surface area contributed by atoms with Gasteiger partial charge in [0.15, 0.2) is 0 Å². The van der Waals surface area contributed by atoms with Crippen molar-refractivity contribution in [1.29, 1.82) is 0 Å². The average Bonchev–Trinajstić information content (AvgIpc) is 2.98. The molecule has 2 rings (SSSR count). The zero-order valence-electron chi connectivity index (χ0n) is 10.0. The highest BCUT2D eigenvalue weighted by Crippen LogP contribution is 2.37. The van der Waals surface area contributed by atoms with Gasteiger partial charge in [0, 0.05) is 0 Å². The minimum absolute atomic E-state index is 0.735. The fourth-order valence-electron chi connectivity index (χ4n) is 2.65. The first-order valence-corrected chi connectivity index (χ1v) is 6.48. The molecule has 0 nitrogen and oxygen atoms in total. The predicted octanol–water partition coefficient (Wildman–Crippen LogP) is 5.17. The molecule has 0 amide bonds. The summed E-state index contributed by atoms with van der Waals surface area (Å²) in [4.78, 5) is 0.